The van der Waals surface area contributed by atoms with Gasteiger partial charge in [0.05, 0.1) is 131 Å². The van der Waals surface area contributed by atoms with Crippen LogP contribution in [0.1, 0.15) is 188 Å². The molecule has 0 aliphatic carbocycles. The molecule has 0 radical (unpaired) electrons. The number of methoxy groups -OCH3 is 8. The van der Waals surface area contributed by atoms with Crippen molar-refractivity contribution in [1.29, 1.82) is 0 Å². The van der Waals surface area contributed by atoms with Gasteiger partial charge in [0, 0.05) is 39.7 Å². The van der Waals surface area contributed by atoms with Crippen LogP contribution in [0.2, 0.25) is 0 Å². The van der Waals surface area contributed by atoms with E-state index in [1.165, 1.54) is 40.8 Å². The van der Waals surface area contributed by atoms with E-state index in [0.29, 0.717) is 0 Å². The molecule has 0 saturated carbocycles. The van der Waals surface area contributed by atoms with Crippen molar-refractivity contribution in [2.24, 2.45) is 0 Å². The summed E-state index contributed by atoms with van der Waals surface area (Å²) in [5, 5.41) is 0. The summed E-state index contributed by atoms with van der Waals surface area (Å²) >= 11 is 6.80. The lowest BCUT2D eigenvalue weighted by Crippen LogP contribution is -2.25. The summed E-state index contributed by atoms with van der Waals surface area (Å²) in [5.74, 6) is 12.8. The molecule has 0 atom stereocenters. The molecule has 9 aromatic carbocycles. The predicted molar refractivity (Wildman–Crippen MR) is 561 cm³/mol. The van der Waals surface area contributed by atoms with E-state index in [0.717, 1.165) is 195 Å². The smallest absolute Gasteiger partial charge is 0.132 e. The van der Waals surface area contributed by atoms with Crippen LogP contribution >= 0.6 is 45.3 Å². The summed E-state index contributed by atoms with van der Waals surface area (Å²) in [4.78, 5) is 8.78. The number of hydrogen-bond donors (Lipinski definition) is 0. The lowest BCUT2D eigenvalue weighted by atomic mass is 10.00. The van der Waals surface area contributed by atoms with Crippen LogP contribution in [0, 0.1) is 13.8 Å². The minimum atomic E-state index is -0.364. The zero-order valence-corrected chi connectivity index (χ0v) is 87.8. The van der Waals surface area contributed by atoms with Crippen molar-refractivity contribution in [3.8, 4) is 187 Å². The van der Waals surface area contributed by atoms with Crippen molar-refractivity contribution in [3.63, 3.8) is 0 Å². The summed E-state index contributed by atoms with van der Waals surface area (Å²) in [6, 6.07) is 66.8. The fourth-order valence-electron chi connectivity index (χ4n) is 15.3. The largest absolute Gasteiger partial charge is 0.496 e. The lowest BCUT2D eigenvalue weighted by Gasteiger charge is -2.27. The number of ether oxygens (including phenoxy) is 16. The second kappa shape index (κ2) is 47.2. The van der Waals surface area contributed by atoms with Gasteiger partial charge in [0.15, 0.2) is 0 Å². The van der Waals surface area contributed by atoms with Crippen LogP contribution in [-0.2, 0) is 6.42 Å². The predicted octanol–water partition coefficient (Wildman–Crippen LogP) is 32.7. The van der Waals surface area contributed by atoms with E-state index >= 15 is 0 Å². The Balaban J connectivity index is 0.000000188. The van der Waals surface area contributed by atoms with Crippen LogP contribution in [0.25, 0.3) is 94.7 Å². The topological polar surface area (TPSA) is 148 Å². The van der Waals surface area contributed by atoms with Crippen LogP contribution < -0.4 is 75.8 Å². The Kier molecular flexibility index (Phi) is 36.8. The molecule has 0 aliphatic rings. The van der Waals surface area contributed by atoms with E-state index in [2.05, 4.69) is 177 Å². The number of rotatable bonds is 34. The number of hydrogen-bond acceptors (Lipinski definition) is 20. The van der Waals surface area contributed by atoms with Gasteiger partial charge in [0.2, 0.25) is 0 Å². The van der Waals surface area contributed by atoms with Crippen LogP contribution in [-0.4, -0.2) is 104 Å². The Morgan fingerprint density at radius 3 is 0.821 bits per heavy atom. The number of thiophene rings is 4. The van der Waals surface area contributed by atoms with Crippen molar-refractivity contribution < 1.29 is 75.8 Å². The third-order valence-corrected chi connectivity index (χ3v) is 25.6. The number of benzene rings is 9. The molecule has 0 bridgehead atoms. The van der Waals surface area contributed by atoms with Crippen molar-refractivity contribution >= 4 is 45.3 Å². The Morgan fingerprint density at radius 2 is 0.507 bits per heavy atom. The third-order valence-electron chi connectivity index (χ3n) is 20.7. The van der Waals surface area contributed by atoms with E-state index in [1.54, 1.807) is 102 Å². The van der Waals surface area contributed by atoms with Crippen molar-refractivity contribution in [3.05, 3.63) is 217 Å². The molecule has 4 heterocycles. The van der Waals surface area contributed by atoms with Gasteiger partial charge in [0.1, 0.15) is 114 Å². The highest BCUT2D eigenvalue weighted by Gasteiger charge is 2.33. The molecule has 4 aromatic heterocycles. The maximum absolute atomic E-state index is 6.61. The van der Waals surface area contributed by atoms with Crippen molar-refractivity contribution in [2.45, 2.75) is 238 Å². The SMILES string of the molecule is CCCCCCc1cc(-c2c(OC(C)(C)C)cccc2OC(C)(C)C)sc1-c1c(OC(C)(C)C)cccc1OC(C)(C)C.COc1cccc(OC(C)C)c1-c1cc(-c2ccccc2)c(-c2c(OC)cccc2OC(C)C)s1.COc1cccc(OC(C)C)c1-c1ccc(-c2c(OC)cccc2OC(C)C)s1.COc1cccc(OC)c1-c1sc(-c2c(OC)cccc2OC)c(C)c1C. The molecule has 0 unspecified atom stereocenters. The van der Waals surface area contributed by atoms with Gasteiger partial charge in [0.25, 0.3) is 0 Å². The van der Waals surface area contributed by atoms with Crippen LogP contribution in [0.3, 0.4) is 0 Å². The maximum Gasteiger partial charge on any atom is 0.132 e. The van der Waals surface area contributed by atoms with E-state index in [-0.39, 0.29) is 46.8 Å². The summed E-state index contributed by atoms with van der Waals surface area (Å²) in [6.45, 7) is 47.8. The summed E-state index contributed by atoms with van der Waals surface area (Å²) in [7, 11) is 13.5. The average molecular weight is 1890 g/mol. The lowest BCUT2D eigenvalue weighted by molar-refractivity contribution is 0.122. The fraction of sp³-hybridized carbons (Fsp3) is 0.386. The van der Waals surface area contributed by atoms with Gasteiger partial charge >= 0.3 is 0 Å². The number of aryl methyl sites for hydroxylation is 1. The molecule has 716 valence electrons. The van der Waals surface area contributed by atoms with Gasteiger partial charge in [-0.05, 0) is 309 Å². The minimum Gasteiger partial charge on any atom is -0.496 e. The van der Waals surface area contributed by atoms with E-state index in [9.17, 15) is 0 Å². The Bertz CT molecular complexity index is 5710. The molecule has 0 saturated heterocycles. The standard InChI is InChI=1S/C38H56O4S.C30H32O4S.C24H28O4S.C22H24O4S/c1-14-15-16-17-20-26-25-31(32-27(39-35(2,3)4)21-18-22-28(32)40-36(5,6)7)43-34(26)33-29(41-37(8,9)10)23-19-24-30(33)42-38(11,12)13;1-19(2)33-25-16-10-14-23(31-5)28(25)27-18-22(21-12-8-7-9-13-21)30(35-27)29-24(32-6)15-11-17-26(29)34-20(3)4;1-15(2)27-19-11-7-9-17(25-5)23(19)21-13-14-22(29-21)24-18(26-6)10-8-12-20(24)28-16(3)4;1-13-14(2)22(20-17(25-5)11-8-12-18(20)26-6)27-21(13)19-15(23-3)9-7-10-16(19)24-4/h18-19,21-25H,14-17,20H2,1-13H3;7-20H,1-6H3;7-16H,1-6H3;7-12H,1-6H3. The normalized spacial score (nSPS) is 11.5. The Labute approximate surface area is 814 Å². The summed E-state index contributed by atoms with van der Waals surface area (Å²) in [5.41, 5.74) is 12.2. The summed E-state index contributed by atoms with van der Waals surface area (Å²) < 4.78 is 96.3. The van der Waals surface area contributed by atoms with Gasteiger partial charge in [-0.1, -0.05) is 105 Å². The molecule has 134 heavy (non-hydrogen) atoms. The van der Waals surface area contributed by atoms with Gasteiger partial charge in [-0.15, -0.1) is 45.3 Å². The first-order chi connectivity index (χ1) is 63.7. The van der Waals surface area contributed by atoms with Crippen LogP contribution in [0.4, 0.5) is 0 Å². The molecular formula is C114H140O16S4. The second-order valence-electron chi connectivity index (χ2n) is 37.4. The highest BCUT2D eigenvalue weighted by molar-refractivity contribution is 7.20. The molecule has 13 rings (SSSR count). The number of unbranched alkanes of at least 4 members (excludes halogenated alkanes) is 3. The molecule has 0 amide bonds. The molecule has 0 spiro atoms. The first-order valence-corrected chi connectivity index (χ1v) is 49.3. The Morgan fingerprint density at radius 1 is 0.246 bits per heavy atom. The molecule has 0 aliphatic heterocycles. The molecular weight excluding hydrogens is 1750 g/mol. The monoisotopic (exact) mass is 1890 g/mol. The maximum atomic E-state index is 6.61. The van der Waals surface area contributed by atoms with E-state index < -0.39 is 0 Å². The Hall–Kier alpha value is -11.4. The van der Waals surface area contributed by atoms with E-state index in [4.69, 9.17) is 75.8 Å². The first-order valence-electron chi connectivity index (χ1n) is 46.0. The van der Waals surface area contributed by atoms with E-state index in [1.807, 2.05) is 183 Å². The first kappa shape index (κ1) is 105. The molecule has 0 fully saturated rings. The van der Waals surface area contributed by atoms with Gasteiger partial charge in [-0.2, -0.15) is 0 Å². The molecule has 0 N–H and O–H groups in total. The van der Waals surface area contributed by atoms with Gasteiger partial charge in [-0.3, -0.25) is 0 Å². The van der Waals surface area contributed by atoms with Crippen molar-refractivity contribution in [2.75, 3.05) is 56.9 Å². The van der Waals surface area contributed by atoms with Crippen LogP contribution in [0.15, 0.2) is 200 Å². The zero-order chi connectivity index (χ0) is 97.7. The fourth-order valence-corrected chi connectivity index (χ4v) is 20.4. The molecule has 13 aromatic rings. The van der Waals surface area contributed by atoms with Gasteiger partial charge < -0.3 is 75.8 Å². The highest BCUT2D eigenvalue weighted by atomic mass is 32.1. The zero-order valence-electron chi connectivity index (χ0n) is 84.6. The quantitative estimate of drug-likeness (QED) is 0.0352. The second-order valence-corrected chi connectivity index (χ2v) is 41.6. The van der Waals surface area contributed by atoms with Gasteiger partial charge in [-0.25, -0.2) is 0 Å². The molecule has 20 heteroatoms. The van der Waals surface area contributed by atoms with Crippen LogP contribution in [0.5, 0.6) is 92.0 Å². The minimum absolute atomic E-state index is 0.0284. The molecule has 16 nitrogen and oxygen atoms in total. The third kappa shape index (κ3) is 27.2. The average Bonchev–Trinajstić information content (AvgIpc) is 1.60. The highest BCUT2D eigenvalue weighted by Crippen LogP contribution is 2.58. The van der Waals surface area contributed by atoms with Crippen molar-refractivity contribution in [1.82, 2.24) is 0 Å². The summed E-state index contributed by atoms with van der Waals surface area (Å²) in [6.07, 6.45) is 5.95.